The quantitative estimate of drug-likeness (QED) is 0.724. The fourth-order valence-electron chi connectivity index (χ4n) is 2.71. The van der Waals surface area contributed by atoms with E-state index in [1.165, 1.54) is 0 Å². The molecule has 124 valence electrons. The molecule has 1 aromatic carbocycles. The maximum Gasteiger partial charge on any atom is 0.258 e. The number of para-hydroxylation sites is 1. The fourth-order valence-corrected chi connectivity index (χ4v) is 3.59. The van der Waals surface area contributed by atoms with Crippen LogP contribution in [0.5, 0.6) is 0 Å². The van der Waals surface area contributed by atoms with Gasteiger partial charge in [0.2, 0.25) is 0 Å². The van der Waals surface area contributed by atoms with Gasteiger partial charge in [-0.2, -0.15) is 0 Å². The van der Waals surface area contributed by atoms with Gasteiger partial charge in [0.25, 0.3) is 5.91 Å². The lowest BCUT2D eigenvalue weighted by molar-refractivity contribution is 0.102. The molecule has 24 heavy (non-hydrogen) atoms. The summed E-state index contributed by atoms with van der Waals surface area (Å²) in [6.45, 7) is 7.08. The van der Waals surface area contributed by atoms with Gasteiger partial charge in [-0.1, -0.05) is 32.0 Å². The van der Waals surface area contributed by atoms with E-state index in [-0.39, 0.29) is 5.91 Å². The lowest BCUT2D eigenvalue weighted by Crippen LogP contribution is -2.23. The average Bonchev–Trinajstić information content (AvgIpc) is 3.09. The normalized spacial score (nSPS) is 11.1. The predicted molar refractivity (Wildman–Crippen MR) is 101 cm³/mol. The zero-order valence-corrected chi connectivity index (χ0v) is 14.8. The van der Waals surface area contributed by atoms with Gasteiger partial charge in [0.15, 0.2) is 0 Å². The average molecular weight is 339 g/mol. The minimum atomic E-state index is -0.109. The molecule has 0 radical (unpaired) electrons. The first-order valence-electron chi connectivity index (χ1n) is 8.15. The molecule has 4 nitrogen and oxygen atoms in total. The van der Waals surface area contributed by atoms with E-state index in [0.717, 1.165) is 41.0 Å². The number of aromatic nitrogens is 1. The molecule has 3 rings (SSSR count). The molecular formula is C19H21N3OS. The molecular weight excluding hydrogens is 318 g/mol. The third kappa shape index (κ3) is 3.47. The summed E-state index contributed by atoms with van der Waals surface area (Å²) in [6, 6.07) is 9.97. The number of pyridine rings is 1. The van der Waals surface area contributed by atoms with Crippen molar-refractivity contribution in [2.45, 2.75) is 20.4 Å². The predicted octanol–water partition coefficient (Wildman–Crippen LogP) is 4.39. The van der Waals surface area contributed by atoms with Gasteiger partial charge < -0.3 is 5.32 Å². The summed E-state index contributed by atoms with van der Waals surface area (Å²) < 4.78 is 0.976. The molecule has 1 N–H and O–H groups in total. The number of fused-ring (bicyclic) bond motifs is 1. The lowest BCUT2D eigenvalue weighted by atomic mass is 10.1. The molecule has 0 aliphatic heterocycles. The number of benzene rings is 1. The van der Waals surface area contributed by atoms with Crippen molar-refractivity contribution < 1.29 is 4.79 Å². The Hall–Kier alpha value is -2.24. The maximum atomic E-state index is 12.7. The van der Waals surface area contributed by atoms with Gasteiger partial charge in [-0.3, -0.25) is 14.7 Å². The van der Waals surface area contributed by atoms with Crippen LogP contribution < -0.4 is 5.32 Å². The van der Waals surface area contributed by atoms with Crippen molar-refractivity contribution >= 4 is 33.0 Å². The number of anilines is 1. The summed E-state index contributed by atoms with van der Waals surface area (Å²) in [6.07, 6.45) is 3.43. The second-order valence-electron chi connectivity index (χ2n) is 5.60. The van der Waals surface area contributed by atoms with E-state index in [0.29, 0.717) is 5.56 Å². The van der Waals surface area contributed by atoms with Crippen molar-refractivity contribution in [1.29, 1.82) is 0 Å². The van der Waals surface area contributed by atoms with Gasteiger partial charge in [-0.05, 0) is 36.2 Å². The van der Waals surface area contributed by atoms with E-state index in [4.69, 9.17) is 0 Å². The zero-order chi connectivity index (χ0) is 16.9. The number of hydrogen-bond acceptors (Lipinski definition) is 4. The summed E-state index contributed by atoms with van der Waals surface area (Å²) in [5, 5.41) is 6.05. The van der Waals surface area contributed by atoms with Crippen molar-refractivity contribution in [3.8, 4) is 0 Å². The topological polar surface area (TPSA) is 45.2 Å². The molecule has 0 bridgehead atoms. The van der Waals surface area contributed by atoms with E-state index < -0.39 is 0 Å². The van der Waals surface area contributed by atoms with Gasteiger partial charge in [0.05, 0.1) is 10.3 Å². The first-order chi connectivity index (χ1) is 11.7. The molecule has 0 aliphatic rings. The van der Waals surface area contributed by atoms with Crippen LogP contribution in [0.1, 0.15) is 29.8 Å². The van der Waals surface area contributed by atoms with Crippen molar-refractivity contribution in [2.24, 2.45) is 0 Å². The van der Waals surface area contributed by atoms with Crippen molar-refractivity contribution in [1.82, 2.24) is 9.88 Å². The highest BCUT2D eigenvalue weighted by atomic mass is 32.1. The zero-order valence-electron chi connectivity index (χ0n) is 14.0. The van der Waals surface area contributed by atoms with Crippen LogP contribution in [0.4, 0.5) is 5.69 Å². The monoisotopic (exact) mass is 339 g/mol. The van der Waals surface area contributed by atoms with E-state index in [1.54, 1.807) is 23.7 Å². The molecule has 0 saturated carbocycles. The van der Waals surface area contributed by atoms with Gasteiger partial charge >= 0.3 is 0 Å². The Labute approximate surface area is 146 Å². The number of amides is 1. The van der Waals surface area contributed by atoms with Crippen LogP contribution in [-0.2, 0) is 6.54 Å². The van der Waals surface area contributed by atoms with Gasteiger partial charge in [-0.25, -0.2) is 0 Å². The third-order valence-electron chi connectivity index (χ3n) is 4.16. The molecule has 2 heterocycles. The number of hydrogen-bond donors (Lipinski definition) is 1. The first-order valence-corrected chi connectivity index (χ1v) is 9.03. The van der Waals surface area contributed by atoms with Crippen molar-refractivity contribution in [3.05, 3.63) is 59.2 Å². The van der Waals surface area contributed by atoms with Crippen LogP contribution in [0.25, 0.3) is 10.1 Å². The molecule has 0 saturated heterocycles. The first kappa shape index (κ1) is 16.6. The Morgan fingerprint density at radius 2 is 1.96 bits per heavy atom. The molecule has 0 fully saturated rings. The van der Waals surface area contributed by atoms with Gasteiger partial charge in [-0.15, -0.1) is 11.3 Å². The molecule has 0 atom stereocenters. The van der Waals surface area contributed by atoms with E-state index in [1.807, 2.05) is 29.6 Å². The molecule has 0 spiro atoms. The molecule has 0 aliphatic carbocycles. The SMILES string of the molecule is CCN(CC)Cc1ccccc1NC(=O)c1cncc2ccsc12. The highest BCUT2D eigenvalue weighted by molar-refractivity contribution is 7.17. The second kappa shape index (κ2) is 7.55. The smallest absolute Gasteiger partial charge is 0.258 e. The summed E-state index contributed by atoms with van der Waals surface area (Å²) in [5.74, 6) is -0.109. The maximum absolute atomic E-state index is 12.7. The molecule has 2 aromatic heterocycles. The molecule has 5 heteroatoms. The highest BCUT2D eigenvalue weighted by Crippen LogP contribution is 2.25. The molecule has 3 aromatic rings. The Kier molecular flexibility index (Phi) is 5.23. The number of carbonyl (C=O) groups excluding carboxylic acids is 1. The van der Waals surface area contributed by atoms with Crippen molar-refractivity contribution in [2.75, 3.05) is 18.4 Å². The van der Waals surface area contributed by atoms with Crippen LogP contribution in [0.3, 0.4) is 0 Å². The molecule has 0 unspecified atom stereocenters. The Balaban J connectivity index is 1.86. The minimum Gasteiger partial charge on any atom is -0.322 e. The van der Waals surface area contributed by atoms with Gasteiger partial charge in [0, 0.05) is 30.0 Å². The summed E-state index contributed by atoms with van der Waals surface area (Å²) in [5.41, 5.74) is 2.61. The highest BCUT2D eigenvalue weighted by Gasteiger charge is 2.14. The number of carbonyl (C=O) groups is 1. The summed E-state index contributed by atoms with van der Waals surface area (Å²) in [4.78, 5) is 19.3. The third-order valence-corrected chi connectivity index (χ3v) is 5.12. The number of nitrogens with one attached hydrogen (secondary N) is 1. The molecule has 1 amide bonds. The van der Waals surface area contributed by atoms with Gasteiger partial charge in [0.1, 0.15) is 0 Å². The van der Waals surface area contributed by atoms with Crippen molar-refractivity contribution in [3.63, 3.8) is 0 Å². The number of rotatable bonds is 6. The lowest BCUT2D eigenvalue weighted by Gasteiger charge is -2.20. The number of thiophene rings is 1. The standard InChI is InChI=1S/C19H21N3OS/c1-3-22(4-2)13-15-7-5-6-8-17(15)21-19(23)16-12-20-11-14-9-10-24-18(14)16/h5-12H,3-4,13H2,1-2H3,(H,21,23). The van der Waals surface area contributed by atoms with Crippen LogP contribution >= 0.6 is 11.3 Å². The van der Waals surface area contributed by atoms with E-state index in [9.17, 15) is 4.79 Å². The van der Waals surface area contributed by atoms with Crippen LogP contribution in [0, 0.1) is 0 Å². The van der Waals surface area contributed by atoms with Crippen LogP contribution in [0.15, 0.2) is 48.1 Å². The minimum absolute atomic E-state index is 0.109. The summed E-state index contributed by atoms with van der Waals surface area (Å²) >= 11 is 1.57. The Morgan fingerprint density at radius 3 is 2.75 bits per heavy atom. The van der Waals surface area contributed by atoms with E-state index >= 15 is 0 Å². The van der Waals surface area contributed by atoms with Crippen LogP contribution in [-0.4, -0.2) is 28.9 Å². The van der Waals surface area contributed by atoms with E-state index in [2.05, 4.69) is 35.1 Å². The second-order valence-corrected chi connectivity index (χ2v) is 6.51. The largest absolute Gasteiger partial charge is 0.322 e. The Morgan fingerprint density at radius 1 is 1.17 bits per heavy atom. The van der Waals surface area contributed by atoms with Crippen LogP contribution in [0.2, 0.25) is 0 Å². The number of nitrogens with zero attached hydrogens (tertiary/aromatic N) is 2. The fraction of sp³-hybridized carbons (Fsp3) is 0.263. The summed E-state index contributed by atoms with van der Waals surface area (Å²) in [7, 11) is 0. The Bertz CT molecular complexity index is 839.